The van der Waals surface area contributed by atoms with Crippen LogP contribution in [0.5, 0.6) is 5.75 Å². The molecule has 5 nitrogen and oxygen atoms in total. The van der Waals surface area contributed by atoms with Gasteiger partial charge in [0.25, 0.3) is 0 Å². The molecule has 0 bridgehead atoms. The van der Waals surface area contributed by atoms with E-state index in [1.807, 2.05) is 19.1 Å². The highest BCUT2D eigenvalue weighted by molar-refractivity contribution is 6.32. The molecule has 0 fully saturated rings. The van der Waals surface area contributed by atoms with E-state index in [0.717, 1.165) is 5.56 Å². The molecule has 1 aromatic carbocycles. The molecule has 106 valence electrons. The van der Waals surface area contributed by atoms with Crippen LogP contribution in [-0.2, 0) is 4.74 Å². The summed E-state index contributed by atoms with van der Waals surface area (Å²) in [5.41, 5.74) is 1.07. The Hall–Kier alpha value is -1.46. The van der Waals surface area contributed by atoms with Gasteiger partial charge in [0.05, 0.1) is 18.2 Å². The van der Waals surface area contributed by atoms with E-state index in [1.54, 1.807) is 13.2 Å². The SMILES string of the molecule is COCCNC(=O)NCCOc1cc(C)ccc1Cl. The van der Waals surface area contributed by atoms with Gasteiger partial charge in [0.2, 0.25) is 0 Å². The fourth-order valence-electron chi connectivity index (χ4n) is 1.38. The molecule has 0 radical (unpaired) electrons. The van der Waals surface area contributed by atoms with Crippen molar-refractivity contribution in [3.05, 3.63) is 28.8 Å². The molecule has 6 heteroatoms. The lowest BCUT2D eigenvalue weighted by Gasteiger charge is -2.10. The van der Waals surface area contributed by atoms with E-state index < -0.39 is 0 Å². The molecule has 2 N–H and O–H groups in total. The second-order valence-corrected chi connectivity index (χ2v) is 4.37. The van der Waals surface area contributed by atoms with Crippen molar-refractivity contribution in [2.75, 3.05) is 33.4 Å². The van der Waals surface area contributed by atoms with E-state index in [1.165, 1.54) is 0 Å². The Morgan fingerprint density at radius 3 is 2.63 bits per heavy atom. The maximum Gasteiger partial charge on any atom is 0.314 e. The lowest BCUT2D eigenvalue weighted by atomic mass is 10.2. The monoisotopic (exact) mass is 286 g/mol. The predicted molar refractivity (Wildman–Crippen MR) is 75.0 cm³/mol. The molecule has 1 rings (SSSR count). The van der Waals surface area contributed by atoms with Crippen molar-refractivity contribution in [3.63, 3.8) is 0 Å². The number of carbonyl (C=O) groups excluding carboxylic acids is 1. The van der Waals surface area contributed by atoms with Crippen molar-refractivity contribution in [2.24, 2.45) is 0 Å². The van der Waals surface area contributed by atoms with Gasteiger partial charge >= 0.3 is 6.03 Å². The molecule has 0 aromatic heterocycles. The lowest BCUT2D eigenvalue weighted by Crippen LogP contribution is -2.39. The minimum Gasteiger partial charge on any atom is -0.490 e. The third-order valence-corrected chi connectivity index (χ3v) is 2.64. The average molecular weight is 287 g/mol. The minimum atomic E-state index is -0.240. The summed E-state index contributed by atoms with van der Waals surface area (Å²) in [7, 11) is 1.58. The Labute approximate surface area is 118 Å². The number of halogens is 1. The summed E-state index contributed by atoms with van der Waals surface area (Å²) < 4.78 is 10.3. The van der Waals surface area contributed by atoms with Crippen molar-refractivity contribution < 1.29 is 14.3 Å². The maximum absolute atomic E-state index is 11.3. The summed E-state index contributed by atoms with van der Waals surface area (Å²) in [6.45, 7) is 3.70. The van der Waals surface area contributed by atoms with Crippen molar-refractivity contribution in [1.82, 2.24) is 10.6 Å². The number of carbonyl (C=O) groups is 1. The Balaban J connectivity index is 2.20. The second-order valence-electron chi connectivity index (χ2n) is 3.96. The number of hydrogen-bond donors (Lipinski definition) is 2. The molecule has 2 amide bonds. The first-order valence-corrected chi connectivity index (χ1v) is 6.41. The van der Waals surface area contributed by atoms with Gasteiger partial charge < -0.3 is 20.1 Å². The van der Waals surface area contributed by atoms with Gasteiger partial charge in [-0.05, 0) is 24.6 Å². The van der Waals surface area contributed by atoms with Gasteiger partial charge in [-0.3, -0.25) is 0 Å². The smallest absolute Gasteiger partial charge is 0.314 e. The van der Waals surface area contributed by atoms with Crippen molar-refractivity contribution in [2.45, 2.75) is 6.92 Å². The molecule has 0 aliphatic carbocycles. The van der Waals surface area contributed by atoms with E-state index in [0.29, 0.717) is 37.1 Å². The van der Waals surface area contributed by atoms with Crippen LogP contribution in [0.2, 0.25) is 5.02 Å². The quantitative estimate of drug-likeness (QED) is 0.754. The molecule has 1 aromatic rings. The number of aryl methyl sites for hydroxylation is 1. The van der Waals surface area contributed by atoms with E-state index >= 15 is 0 Å². The van der Waals surface area contributed by atoms with Gasteiger partial charge in [0.1, 0.15) is 12.4 Å². The molecule has 0 aliphatic heterocycles. The number of methoxy groups -OCH3 is 1. The first-order valence-electron chi connectivity index (χ1n) is 6.03. The van der Waals surface area contributed by atoms with Gasteiger partial charge in [-0.15, -0.1) is 0 Å². The lowest BCUT2D eigenvalue weighted by molar-refractivity contribution is 0.195. The molecular formula is C13H19ClN2O3. The molecule has 0 unspecified atom stereocenters. The van der Waals surface area contributed by atoms with Crippen LogP contribution < -0.4 is 15.4 Å². The zero-order valence-corrected chi connectivity index (χ0v) is 11.9. The standard InChI is InChI=1S/C13H19ClN2O3/c1-10-3-4-11(14)12(9-10)19-8-6-16-13(17)15-5-7-18-2/h3-4,9H,5-8H2,1-2H3,(H2,15,16,17). The number of nitrogens with one attached hydrogen (secondary N) is 2. The fraction of sp³-hybridized carbons (Fsp3) is 0.462. The van der Waals surface area contributed by atoms with Crippen LogP contribution in [0.25, 0.3) is 0 Å². The molecular weight excluding hydrogens is 268 g/mol. The number of amides is 2. The normalized spacial score (nSPS) is 10.1. The molecule has 0 saturated carbocycles. The maximum atomic E-state index is 11.3. The largest absolute Gasteiger partial charge is 0.490 e. The summed E-state index contributed by atoms with van der Waals surface area (Å²) in [5.74, 6) is 0.628. The minimum absolute atomic E-state index is 0.240. The van der Waals surface area contributed by atoms with Crippen LogP contribution in [0.4, 0.5) is 4.79 Å². The zero-order chi connectivity index (χ0) is 14.1. The summed E-state index contributed by atoms with van der Waals surface area (Å²) in [4.78, 5) is 11.3. The van der Waals surface area contributed by atoms with Gasteiger partial charge in [0, 0.05) is 13.7 Å². The van der Waals surface area contributed by atoms with E-state index in [-0.39, 0.29) is 6.03 Å². The van der Waals surface area contributed by atoms with Crippen LogP contribution in [-0.4, -0.2) is 39.4 Å². The van der Waals surface area contributed by atoms with Crippen LogP contribution in [0.15, 0.2) is 18.2 Å². The molecule has 0 heterocycles. The first-order chi connectivity index (χ1) is 9.13. The van der Waals surface area contributed by atoms with Gasteiger partial charge in [0.15, 0.2) is 0 Å². The number of rotatable bonds is 7. The average Bonchev–Trinajstić information content (AvgIpc) is 2.39. The Bertz CT molecular complexity index is 413. The Morgan fingerprint density at radius 2 is 1.95 bits per heavy atom. The van der Waals surface area contributed by atoms with Gasteiger partial charge in [-0.2, -0.15) is 0 Å². The summed E-state index contributed by atoms with van der Waals surface area (Å²) in [6, 6.07) is 5.32. The van der Waals surface area contributed by atoms with Gasteiger partial charge in [-0.1, -0.05) is 17.7 Å². The Kier molecular flexibility index (Phi) is 7.07. The van der Waals surface area contributed by atoms with Gasteiger partial charge in [-0.25, -0.2) is 4.79 Å². The second kappa shape index (κ2) is 8.61. The van der Waals surface area contributed by atoms with Crippen molar-refractivity contribution in [3.8, 4) is 5.75 Å². The number of benzene rings is 1. The molecule has 0 spiro atoms. The highest BCUT2D eigenvalue weighted by atomic mass is 35.5. The van der Waals surface area contributed by atoms with E-state index in [2.05, 4.69) is 10.6 Å². The van der Waals surface area contributed by atoms with Crippen LogP contribution in [0.1, 0.15) is 5.56 Å². The molecule has 0 atom stereocenters. The first kappa shape index (κ1) is 15.6. The highest BCUT2D eigenvalue weighted by Crippen LogP contribution is 2.24. The third-order valence-electron chi connectivity index (χ3n) is 2.32. The molecule has 0 saturated heterocycles. The summed E-state index contributed by atoms with van der Waals surface area (Å²) in [6.07, 6.45) is 0. The molecule has 0 aliphatic rings. The number of hydrogen-bond acceptors (Lipinski definition) is 3. The van der Waals surface area contributed by atoms with Crippen molar-refractivity contribution >= 4 is 17.6 Å². The predicted octanol–water partition coefficient (Wildman–Crippen LogP) is 1.97. The summed E-state index contributed by atoms with van der Waals surface area (Å²) >= 11 is 5.98. The van der Waals surface area contributed by atoms with E-state index in [9.17, 15) is 4.79 Å². The van der Waals surface area contributed by atoms with Crippen molar-refractivity contribution in [1.29, 1.82) is 0 Å². The fourth-order valence-corrected chi connectivity index (χ4v) is 1.55. The van der Waals surface area contributed by atoms with E-state index in [4.69, 9.17) is 21.1 Å². The van der Waals surface area contributed by atoms with Crippen LogP contribution >= 0.6 is 11.6 Å². The molecule has 19 heavy (non-hydrogen) atoms. The van der Waals surface area contributed by atoms with Crippen LogP contribution in [0, 0.1) is 6.92 Å². The number of urea groups is 1. The third kappa shape index (κ3) is 6.31. The number of ether oxygens (including phenoxy) is 2. The summed E-state index contributed by atoms with van der Waals surface area (Å²) in [5, 5.41) is 5.88. The Morgan fingerprint density at radius 1 is 1.26 bits per heavy atom. The topological polar surface area (TPSA) is 59.6 Å². The van der Waals surface area contributed by atoms with Crippen LogP contribution in [0.3, 0.4) is 0 Å². The zero-order valence-electron chi connectivity index (χ0n) is 11.2. The highest BCUT2D eigenvalue weighted by Gasteiger charge is 2.02.